The van der Waals surface area contributed by atoms with Gasteiger partial charge in [0.1, 0.15) is 0 Å². The van der Waals surface area contributed by atoms with Gasteiger partial charge < -0.3 is 0 Å². The minimum absolute atomic E-state index is 0.629. The number of hydrogen-bond acceptors (Lipinski definition) is 5. The Balaban J connectivity index is 0.963. The lowest BCUT2D eigenvalue weighted by atomic mass is 9.91. The molecule has 0 aliphatic carbocycles. The Morgan fingerprint density at radius 2 is 0.707 bits per heavy atom. The first-order valence-electron chi connectivity index (χ1n) is 19.3. The molecule has 10 rings (SSSR count). The van der Waals surface area contributed by atoms with E-state index in [-0.39, 0.29) is 0 Å². The second kappa shape index (κ2) is 15.3. The van der Waals surface area contributed by atoms with Crippen LogP contribution in [0.4, 0.5) is 0 Å². The topological polar surface area (TPSA) is 64.5 Å². The maximum atomic E-state index is 5.05. The summed E-state index contributed by atoms with van der Waals surface area (Å²) < 4.78 is 0. The van der Waals surface area contributed by atoms with Crippen molar-refractivity contribution in [3.63, 3.8) is 0 Å². The van der Waals surface area contributed by atoms with Crippen molar-refractivity contribution in [2.45, 2.75) is 0 Å². The monoisotopic (exact) mass is 741 g/mol. The Labute approximate surface area is 337 Å². The summed E-state index contributed by atoms with van der Waals surface area (Å²) in [5.74, 6) is 1.90. The Bertz CT molecular complexity index is 3000. The highest BCUT2D eigenvalue weighted by Crippen LogP contribution is 2.37. The standard InChI is InChI=1S/C53H35N5/c1-3-12-36(13-4-1)42-16-11-17-43(34-42)53-57-51(40-14-5-2-6-15-40)56-52(58-53)41-27-25-39(26-28-41)46-31-30-45(47-18-7-8-19-48(46)47)38-23-21-37(22-24-38)44-29-32-50(55-35-44)49-20-9-10-33-54-49/h1-35H. The zero-order valence-electron chi connectivity index (χ0n) is 31.4. The summed E-state index contributed by atoms with van der Waals surface area (Å²) in [7, 11) is 0. The third-order valence-electron chi connectivity index (χ3n) is 10.5. The zero-order valence-corrected chi connectivity index (χ0v) is 31.4. The molecule has 0 bridgehead atoms. The first-order chi connectivity index (χ1) is 28.7. The quantitative estimate of drug-likeness (QED) is 0.155. The van der Waals surface area contributed by atoms with Gasteiger partial charge in [0.05, 0.1) is 11.4 Å². The van der Waals surface area contributed by atoms with Crippen LogP contribution in [0, 0.1) is 0 Å². The van der Waals surface area contributed by atoms with Gasteiger partial charge in [-0.2, -0.15) is 0 Å². The Morgan fingerprint density at radius 1 is 0.259 bits per heavy atom. The van der Waals surface area contributed by atoms with Crippen LogP contribution in [0.25, 0.3) is 101 Å². The molecular formula is C53H35N5. The fraction of sp³-hybridized carbons (Fsp3) is 0. The van der Waals surface area contributed by atoms with Gasteiger partial charge in [0.15, 0.2) is 17.5 Å². The molecule has 0 N–H and O–H groups in total. The number of aromatic nitrogens is 5. The SMILES string of the molecule is c1ccc(-c2cccc(-c3nc(-c4ccccc4)nc(-c4ccc(-c5ccc(-c6ccc(-c7ccc(-c8ccccn8)nc7)cc6)c6ccccc56)cc4)n3)c2)cc1. The largest absolute Gasteiger partial charge is 0.255 e. The normalized spacial score (nSPS) is 11.1. The molecule has 0 saturated carbocycles. The minimum atomic E-state index is 0.629. The van der Waals surface area contributed by atoms with E-state index in [4.69, 9.17) is 15.0 Å². The summed E-state index contributed by atoms with van der Waals surface area (Å²) >= 11 is 0. The number of rotatable bonds is 8. The molecule has 0 aliphatic heterocycles. The van der Waals surface area contributed by atoms with E-state index in [1.165, 1.54) is 21.9 Å². The van der Waals surface area contributed by atoms with Crippen LogP contribution in [0.1, 0.15) is 0 Å². The van der Waals surface area contributed by atoms with Gasteiger partial charge in [-0.25, -0.2) is 15.0 Å². The van der Waals surface area contributed by atoms with Crippen LogP contribution in [-0.4, -0.2) is 24.9 Å². The van der Waals surface area contributed by atoms with Crippen LogP contribution < -0.4 is 0 Å². The molecule has 5 nitrogen and oxygen atoms in total. The van der Waals surface area contributed by atoms with Gasteiger partial charge in [-0.05, 0) is 74.0 Å². The predicted octanol–water partition coefficient (Wildman–Crippen LogP) is 13.2. The van der Waals surface area contributed by atoms with E-state index >= 15 is 0 Å². The van der Waals surface area contributed by atoms with Crippen LogP contribution in [-0.2, 0) is 0 Å². The highest BCUT2D eigenvalue weighted by atomic mass is 15.0. The maximum absolute atomic E-state index is 5.05. The summed E-state index contributed by atoms with van der Waals surface area (Å²) in [6, 6.07) is 69.3. The van der Waals surface area contributed by atoms with Gasteiger partial charge in [-0.3, -0.25) is 9.97 Å². The summed E-state index contributed by atoms with van der Waals surface area (Å²) in [5.41, 5.74) is 13.6. The predicted molar refractivity (Wildman–Crippen MR) is 236 cm³/mol. The van der Waals surface area contributed by atoms with Crippen LogP contribution in [0.15, 0.2) is 213 Å². The summed E-state index contributed by atoms with van der Waals surface area (Å²) in [6.45, 7) is 0. The van der Waals surface area contributed by atoms with Crippen molar-refractivity contribution in [2.24, 2.45) is 0 Å². The van der Waals surface area contributed by atoms with E-state index < -0.39 is 0 Å². The number of hydrogen-bond donors (Lipinski definition) is 0. The number of fused-ring (bicyclic) bond motifs is 1. The van der Waals surface area contributed by atoms with Crippen LogP contribution >= 0.6 is 0 Å². The van der Waals surface area contributed by atoms with Crippen molar-refractivity contribution in [3.05, 3.63) is 213 Å². The second-order valence-corrected chi connectivity index (χ2v) is 14.1. The van der Waals surface area contributed by atoms with E-state index in [2.05, 4.69) is 149 Å². The minimum Gasteiger partial charge on any atom is -0.255 e. The maximum Gasteiger partial charge on any atom is 0.164 e. The summed E-state index contributed by atoms with van der Waals surface area (Å²) in [4.78, 5) is 24.1. The number of nitrogens with zero attached hydrogens (tertiary/aromatic N) is 5. The zero-order chi connectivity index (χ0) is 38.7. The van der Waals surface area contributed by atoms with E-state index in [0.29, 0.717) is 17.5 Å². The van der Waals surface area contributed by atoms with Gasteiger partial charge in [-0.15, -0.1) is 0 Å². The molecule has 0 unspecified atom stereocenters. The molecule has 0 amide bonds. The van der Waals surface area contributed by atoms with Gasteiger partial charge in [0, 0.05) is 34.6 Å². The Hall–Kier alpha value is -7.89. The lowest BCUT2D eigenvalue weighted by Gasteiger charge is -2.13. The highest BCUT2D eigenvalue weighted by molar-refractivity contribution is 6.05. The molecule has 0 fully saturated rings. The fourth-order valence-corrected chi connectivity index (χ4v) is 7.49. The van der Waals surface area contributed by atoms with E-state index in [1.54, 1.807) is 6.20 Å². The van der Waals surface area contributed by atoms with Crippen LogP contribution in [0.2, 0.25) is 0 Å². The second-order valence-electron chi connectivity index (χ2n) is 14.1. The smallest absolute Gasteiger partial charge is 0.164 e. The summed E-state index contributed by atoms with van der Waals surface area (Å²) in [5, 5.41) is 2.39. The molecule has 0 saturated heterocycles. The third-order valence-corrected chi connectivity index (χ3v) is 10.5. The van der Waals surface area contributed by atoms with Crippen molar-refractivity contribution >= 4 is 10.8 Å². The lowest BCUT2D eigenvalue weighted by Crippen LogP contribution is -2.00. The van der Waals surface area contributed by atoms with E-state index in [1.807, 2.05) is 66.9 Å². The Morgan fingerprint density at radius 3 is 1.29 bits per heavy atom. The molecular weight excluding hydrogens is 707 g/mol. The molecule has 0 atom stereocenters. The summed E-state index contributed by atoms with van der Waals surface area (Å²) in [6.07, 6.45) is 3.71. The third kappa shape index (κ3) is 6.93. The lowest BCUT2D eigenvalue weighted by molar-refractivity contribution is 1.07. The average Bonchev–Trinajstić information content (AvgIpc) is 3.32. The highest BCUT2D eigenvalue weighted by Gasteiger charge is 2.15. The van der Waals surface area contributed by atoms with Crippen LogP contribution in [0.3, 0.4) is 0 Å². The van der Waals surface area contributed by atoms with E-state index in [0.717, 1.165) is 61.5 Å². The number of pyridine rings is 2. The van der Waals surface area contributed by atoms with Crippen molar-refractivity contribution in [1.29, 1.82) is 0 Å². The molecule has 10 aromatic rings. The molecule has 7 aromatic carbocycles. The first-order valence-corrected chi connectivity index (χ1v) is 19.3. The molecule has 5 heteroatoms. The van der Waals surface area contributed by atoms with Crippen molar-refractivity contribution in [2.75, 3.05) is 0 Å². The van der Waals surface area contributed by atoms with Gasteiger partial charge in [-0.1, -0.05) is 176 Å². The van der Waals surface area contributed by atoms with Gasteiger partial charge in [0.2, 0.25) is 0 Å². The van der Waals surface area contributed by atoms with Crippen molar-refractivity contribution in [1.82, 2.24) is 24.9 Å². The van der Waals surface area contributed by atoms with Gasteiger partial charge >= 0.3 is 0 Å². The molecule has 0 spiro atoms. The molecule has 3 aromatic heterocycles. The van der Waals surface area contributed by atoms with Gasteiger partial charge in [0.25, 0.3) is 0 Å². The Kier molecular flexibility index (Phi) is 9.14. The fourth-order valence-electron chi connectivity index (χ4n) is 7.49. The first kappa shape index (κ1) is 34.6. The van der Waals surface area contributed by atoms with Crippen molar-refractivity contribution in [3.8, 4) is 90.1 Å². The molecule has 272 valence electrons. The van der Waals surface area contributed by atoms with Crippen molar-refractivity contribution < 1.29 is 0 Å². The molecule has 58 heavy (non-hydrogen) atoms. The molecule has 3 heterocycles. The van der Waals surface area contributed by atoms with Crippen LogP contribution in [0.5, 0.6) is 0 Å². The molecule has 0 aliphatic rings. The van der Waals surface area contributed by atoms with E-state index in [9.17, 15) is 0 Å². The molecule has 0 radical (unpaired) electrons. The number of benzene rings is 7. The average molecular weight is 742 g/mol.